The number of likely N-dealkylation sites (N-methyl/N-ethyl adjacent to an activating group) is 1. The standard InChI is InChI=1S/C22H29N5O2/c1-5-26(6-2)13-14-29-19-10-8-18(9-11-19)24-22-23-15-17-7-12-20(28)27(16(3)4)21(17)25-22/h7-12,15-16H,5-6,13-14H2,1-4H3,(H,23,24,25). The summed E-state index contributed by atoms with van der Waals surface area (Å²) in [6, 6.07) is 11.0. The number of pyridine rings is 1. The van der Waals surface area contributed by atoms with Gasteiger partial charge >= 0.3 is 0 Å². The Hall–Kier alpha value is -2.93. The maximum Gasteiger partial charge on any atom is 0.252 e. The number of nitrogens with one attached hydrogen (secondary N) is 1. The first-order valence-corrected chi connectivity index (χ1v) is 10.1. The molecule has 7 nitrogen and oxygen atoms in total. The van der Waals surface area contributed by atoms with Crippen molar-refractivity contribution in [2.75, 3.05) is 31.6 Å². The fourth-order valence-electron chi connectivity index (χ4n) is 3.19. The zero-order valence-corrected chi connectivity index (χ0v) is 17.6. The number of hydrogen-bond donors (Lipinski definition) is 1. The van der Waals surface area contributed by atoms with Crippen molar-refractivity contribution >= 4 is 22.7 Å². The van der Waals surface area contributed by atoms with Crippen LogP contribution in [-0.2, 0) is 0 Å². The number of rotatable bonds is 9. The highest BCUT2D eigenvalue weighted by atomic mass is 16.5. The third-order valence-corrected chi connectivity index (χ3v) is 4.86. The van der Waals surface area contributed by atoms with Crippen molar-refractivity contribution in [3.05, 3.63) is 52.9 Å². The van der Waals surface area contributed by atoms with E-state index in [0.717, 1.165) is 36.5 Å². The van der Waals surface area contributed by atoms with Crippen molar-refractivity contribution in [2.24, 2.45) is 0 Å². The lowest BCUT2D eigenvalue weighted by Crippen LogP contribution is -2.27. The van der Waals surface area contributed by atoms with Crippen LogP contribution in [0.3, 0.4) is 0 Å². The quantitative estimate of drug-likeness (QED) is 0.594. The summed E-state index contributed by atoms with van der Waals surface area (Å²) in [5.74, 6) is 1.28. The number of benzene rings is 1. The van der Waals surface area contributed by atoms with E-state index in [1.165, 1.54) is 0 Å². The van der Waals surface area contributed by atoms with E-state index in [1.807, 2.05) is 38.1 Å². The summed E-state index contributed by atoms with van der Waals surface area (Å²) in [4.78, 5) is 23.5. The molecule has 7 heteroatoms. The summed E-state index contributed by atoms with van der Waals surface area (Å²) in [5.41, 5.74) is 1.42. The number of ether oxygens (including phenoxy) is 1. The van der Waals surface area contributed by atoms with E-state index in [2.05, 4.69) is 34.0 Å². The number of fused-ring (bicyclic) bond motifs is 1. The van der Waals surface area contributed by atoms with Crippen LogP contribution in [-0.4, -0.2) is 45.7 Å². The normalized spacial score (nSPS) is 11.4. The molecule has 0 bridgehead atoms. The third kappa shape index (κ3) is 5.12. The zero-order valence-electron chi connectivity index (χ0n) is 17.6. The molecular formula is C22H29N5O2. The van der Waals surface area contributed by atoms with Crippen LogP contribution < -0.4 is 15.6 Å². The van der Waals surface area contributed by atoms with Crippen molar-refractivity contribution in [1.29, 1.82) is 0 Å². The van der Waals surface area contributed by atoms with Gasteiger partial charge in [0, 0.05) is 35.9 Å². The maximum absolute atomic E-state index is 12.2. The number of aromatic nitrogens is 3. The molecule has 0 amide bonds. The topological polar surface area (TPSA) is 72.3 Å². The molecule has 3 rings (SSSR count). The highest BCUT2D eigenvalue weighted by Gasteiger charge is 2.10. The third-order valence-electron chi connectivity index (χ3n) is 4.86. The lowest BCUT2D eigenvalue weighted by molar-refractivity contribution is 0.223. The van der Waals surface area contributed by atoms with Crippen LogP contribution in [0.5, 0.6) is 5.75 Å². The molecule has 0 radical (unpaired) electrons. The minimum atomic E-state index is -0.0663. The van der Waals surface area contributed by atoms with Gasteiger partial charge in [-0.1, -0.05) is 13.8 Å². The van der Waals surface area contributed by atoms with Gasteiger partial charge in [-0.15, -0.1) is 0 Å². The zero-order chi connectivity index (χ0) is 20.8. The second-order valence-electron chi connectivity index (χ2n) is 7.13. The molecule has 1 aromatic carbocycles. The Morgan fingerprint density at radius 1 is 1.10 bits per heavy atom. The lowest BCUT2D eigenvalue weighted by Gasteiger charge is -2.18. The molecule has 0 fully saturated rings. The van der Waals surface area contributed by atoms with Gasteiger partial charge in [0.05, 0.1) is 0 Å². The average Bonchev–Trinajstić information content (AvgIpc) is 2.72. The number of nitrogens with zero attached hydrogens (tertiary/aromatic N) is 4. The Morgan fingerprint density at radius 3 is 2.48 bits per heavy atom. The van der Waals surface area contributed by atoms with Crippen molar-refractivity contribution in [3.63, 3.8) is 0 Å². The first-order valence-electron chi connectivity index (χ1n) is 10.1. The monoisotopic (exact) mass is 395 g/mol. The molecule has 0 atom stereocenters. The second-order valence-corrected chi connectivity index (χ2v) is 7.13. The fraction of sp³-hybridized carbons (Fsp3) is 0.409. The van der Waals surface area contributed by atoms with Crippen LogP contribution in [0.4, 0.5) is 11.6 Å². The predicted octanol–water partition coefficient (Wildman–Crippen LogP) is 3.84. The Balaban J connectivity index is 1.71. The summed E-state index contributed by atoms with van der Waals surface area (Å²) in [6.07, 6.45) is 1.73. The van der Waals surface area contributed by atoms with Crippen molar-refractivity contribution in [3.8, 4) is 5.75 Å². The lowest BCUT2D eigenvalue weighted by atomic mass is 10.3. The second kappa shape index (κ2) is 9.52. The van der Waals surface area contributed by atoms with Crippen LogP contribution in [0.25, 0.3) is 11.0 Å². The Labute approximate surface area is 171 Å². The molecule has 0 aliphatic heterocycles. The molecule has 2 heterocycles. The van der Waals surface area contributed by atoms with Gasteiger partial charge < -0.3 is 15.0 Å². The van der Waals surface area contributed by atoms with Gasteiger partial charge in [-0.3, -0.25) is 9.36 Å². The minimum absolute atomic E-state index is 0.0155. The van der Waals surface area contributed by atoms with Crippen LogP contribution in [0.1, 0.15) is 33.7 Å². The van der Waals surface area contributed by atoms with E-state index in [9.17, 15) is 4.79 Å². The molecule has 0 saturated heterocycles. The van der Waals surface area contributed by atoms with Gasteiger partial charge in [0.15, 0.2) is 0 Å². The SMILES string of the molecule is CCN(CC)CCOc1ccc(Nc2ncc3ccc(=O)n(C(C)C)c3n2)cc1. The van der Waals surface area contributed by atoms with Crippen LogP contribution >= 0.6 is 0 Å². The van der Waals surface area contributed by atoms with Gasteiger partial charge in [-0.2, -0.15) is 4.98 Å². The summed E-state index contributed by atoms with van der Waals surface area (Å²) < 4.78 is 7.50. The summed E-state index contributed by atoms with van der Waals surface area (Å²) in [7, 11) is 0. The van der Waals surface area contributed by atoms with Crippen LogP contribution in [0.15, 0.2) is 47.4 Å². The molecule has 0 unspecified atom stereocenters. The molecular weight excluding hydrogens is 366 g/mol. The highest BCUT2D eigenvalue weighted by molar-refractivity contribution is 5.75. The largest absolute Gasteiger partial charge is 0.492 e. The van der Waals surface area contributed by atoms with Gasteiger partial charge in [0.2, 0.25) is 5.95 Å². The van der Waals surface area contributed by atoms with E-state index in [-0.39, 0.29) is 11.6 Å². The Morgan fingerprint density at radius 2 is 1.83 bits per heavy atom. The molecule has 29 heavy (non-hydrogen) atoms. The first kappa shape index (κ1) is 20.8. The molecule has 1 N–H and O–H groups in total. The van der Waals surface area contributed by atoms with Crippen molar-refractivity contribution < 1.29 is 4.74 Å². The van der Waals surface area contributed by atoms with E-state index >= 15 is 0 Å². The smallest absolute Gasteiger partial charge is 0.252 e. The summed E-state index contributed by atoms with van der Waals surface area (Å²) in [5, 5.41) is 4.03. The van der Waals surface area contributed by atoms with E-state index in [4.69, 9.17) is 4.74 Å². The highest BCUT2D eigenvalue weighted by Crippen LogP contribution is 2.20. The maximum atomic E-state index is 12.2. The predicted molar refractivity (Wildman–Crippen MR) is 117 cm³/mol. The molecule has 154 valence electrons. The van der Waals surface area contributed by atoms with Gasteiger partial charge in [-0.25, -0.2) is 4.98 Å². The minimum Gasteiger partial charge on any atom is -0.492 e. The van der Waals surface area contributed by atoms with Gasteiger partial charge in [0.25, 0.3) is 5.56 Å². The van der Waals surface area contributed by atoms with Crippen LogP contribution in [0, 0.1) is 0 Å². The molecule has 0 aliphatic rings. The van der Waals surface area contributed by atoms with Gasteiger partial charge in [0.1, 0.15) is 18.0 Å². The molecule has 0 spiro atoms. The molecule has 2 aromatic heterocycles. The Bertz CT molecular complexity index is 994. The summed E-state index contributed by atoms with van der Waals surface area (Å²) in [6.45, 7) is 11.9. The molecule has 0 aliphatic carbocycles. The molecule has 3 aromatic rings. The van der Waals surface area contributed by atoms with E-state index in [0.29, 0.717) is 18.2 Å². The molecule has 0 saturated carbocycles. The number of anilines is 2. The summed E-state index contributed by atoms with van der Waals surface area (Å²) >= 11 is 0. The number of hydrogen-bond acceptors (Lipinski definition) is 6. The first-order chi connectivity index (χ1) is 14.0. The van der Waals surface area contributed by atoms with Gasteiger partial charge in [-0.05, 0) is 57.3 Å². The fourth-order valence-corrected chi connectivity index (χ4v) is 3.19. The van der Waals surface area contributed by atoms with Crippen LogP contribution in [0.2, 0.25) is 0 Å². The van der Waals surface area contributed by atoms with Crippen molar-refractivity contribution in [1.82, 2.24) is 19.4 Å². The van der Waals surface area contributed by atoms with E-state index < -0.39 is 0 Å². The Kier molecular flexibility index (Phi) is 6.82. The van der Waals surface area contributed by atoms with E-state index in [1.54, 1.807) is 22.9 Å². The van der Waals surface area contributed by atoms with Crippen molar-refractivity contribution in [2.45, 2.75) is 33.7 Å². The average molecular weight is 396 g/mol.